The Bertz CT molecular complexity index is 903. The van der Waals surface area contributed by atoms with E-state index in [0.29, 0.717) is 49.4 Å². The van der Waals surface area contributed by atoms with Crippen LogP contribution in [0.1, 0.15) is 16.2 Å². The molecular weight excluding hydrogens is 332 g/mol. The minimum Gasteiger partial charge on any atom is -0.339 e. The van der Waals surface area contributed by atoms with Gasteiger partial charge in [0.1, 0.15) is 0 Å². The molecule has 1 fully saturated rings. The van der Waals surface area contributed by atoms with E-state index in [1.54, 1.807) is 31.5 Å². The molecule has 0 aliphatic carbocycles. The lowest BCUT2D eigenvalue weighted by atomic mass is 10.1. The van der Waals surface area contributed by atoms with Crippen LogP contribution in [0.3, 0.4) is 0 Å². The van der Waals surface area contributed by atoms with Crippen molar-refractivity contribution < 1.29 is 9.32 Å². The highest BCUT2D eigenvalue weighted by Crippen LogP contribution is 2.19. The number of piperazine rings is 1. The number of hydrogen-bond donors (Lipinski definition) is 0. The van der Waals surface area contributed by atoms with E-state index in [0.717, 1.165) is 5.56 Å². The summed E-state index contributed by atoms with van der Waals surface area (Å²) in [6.45, 7) is 4.41. The van der Waals surface area contributed by atoms with E-state index in [1.165, 1.54) is 0 Å². The van der Waals surface area contributed by atoms with Gasteiger partial charge in [0, 0.05) is 56.6 Å². The molecule has 8 heteroatoms. The van der Waals surface area contributed by atoms with Gasteiger partial charge in [-0.25, -0.2) is 9.97 Å². The van der Waals surface area contributed by atoms with Crippen molar-refractivity contribution in [2.75, 3.05) is 31.1 Å². The molecule has 1 saturated heterocycles. The molecule has 1 aliphatic heterocycles. The van der Waals surface area contributed by atoms with Crippen molar-refractivity contribution in [2.24, 2.45) is 0 Å². The summed E-state index contributed by atoms with van der Waals surface area (Å²) in [4.78, 5) is 29.5. The number of carbonyl (C=O) groups is 1. The predicted molar refractivity (Wildman–Crippen MR) is 94.6 cm³/mol. The Kier molecular flexibility index (Phi) is 4.30. The average molecular weight is 350 g/mol. The standard InChI is InChI=1S/C18H18N6O2/c1-13-21-16(22-26-13)14-4-2-5-15(12-14)17(25)23-8-10-24(11-9-23)18-19-6-3-7-20-18/h2-7,12H,8-11H2,1H3. The highest BCUT2D eigenvalue weighted by Gasteiger charge is 2.23. The molecule has 0 N–H and O–H groups in total. The number of nitrogens with zero attached hydrogens (tertiary/aromatic N) is 6. The Morgan fingerprint density at radius 1 is 1.08 bits per heavy atom. The first-order valence-electron chi connectivity index (χ1n) is 8.43. The van der Waals surface area contributed by atoms with Crippen molar-refractivity contribution in [1.82, 2.24) is 25.0 Å². The quantitative estimate of drug-likeness (QED) is 0.711. The molecule has 4 rings (SSSR count). The first-order chi connectivity index (χ1) is 12.7. The van der Waals surface area contributed by atoms with Crippen LogP contribution in [-0.4, -0.2) is 57.1 Å². The number of amides is 1. The molecule has 2 aromatic heterocycles. The van der Waals surface area contributed by atoms with Crippen molar-refractivity contribution in [1.29, 1.82) is 0 Å². The number of hydrogen-bond acceptors (Lipinski definition) is 7. The van der Waals surface area contributed by atoms with E-state index in [1.807, 2.05) is 23.1 Å². The van der Waals surface area contributed by atoms with Crippen molar-refractivity contribution in [2.45, 2.75) is 6.92 Å². The third kappa shape index (κ3) is 3.26. The van der Waals surface area contributed by atoms with Gasteiger partial charge in [0.15, 0.2) is 0 Å². The van der Waals surface area contributed by atoms with Gasteiger partial charge in [0.05, 0.1) is 0 Å². The van der Waals surface area contributed by atoms with E-state index < -0.39 is 0 Å². The zero-order valence-corrected chi connectivity index (χ0v) is 14.4. The van der Waals surface area contributed by atoms with Crippen LogP contribution in [0.5, 0.6) is 0 Å². The fraction of sp³-hybridized carbons (Fsp3) is 0.278. The molecule has 0 saturated carbocycles. The molecule has 1 aliphatic rings. The number of anilines is 1. The van der Waals surface area contributed by atoms with E-state index in [4.69, 9.17) is 4.52 Å². The monoisotopic (exact) mass is 350 g/mol. The van der Waals surface area contributed by atoms with E-state index >= 15 is 0 Å². The highest BCUT2D eigenvalue weighted by atomic mass is 16.5. The number of benzene rings is 1. The van der Waals surface area contributed by atoms with Gasteiger partial charge in [0.2, 0.25) is 17.7 Å². The Morgan fingerprint density at radius 3 is 2.54 bits per heavy atom. The lowest BCUT2D eigenvalue weighted by Crippen LogP contribution is -2.49. The topological polar surface area (TPSA) is 88.3 Å². The normalized spacial score (nSPS) is 14.5. The second-order valence-corrected chi connectivity index (χ2v) is 6.05. The average Bonchev–Trinajstić information content (AvgIpc) is 3.15. The molecule has 0 radical (unpaired) electrons. The zero-order chi connectivity index (χ0) is 17.9. The Hall–Kier alpha value is -3.29. The number of aryl methyl sites for hydroxylation is 1. The van der Waals surface area contributed by atoms with E-state index in [2.05, 4.69) is 25.0 Å². The van der Waals surface area contributed by atoms with E-state index in [-0.39, 0.29) is 5.91 Å². The largest absolute Gasteiger partial charge is 0.339 e. The number of rotatable bonds is 3. The Labute approximate surface area is 150 Å². The predicted octanol–water partition coefficient (Wildman–Crippen LogP) is 1.80. The van der Waals surface area contributed by atoms with Crippen LogP contribution >= 0.6 is 0 Å². The van der Waals surface area contributed by atoms with Crippen molar-refractivity contribution in [3.8, 4) is 11.4 Å². The maximum absolute atomic E-state index is 12.8. The molecule has 26 heavy (non-hydrogen) atoms. The minimum atomic E-state index is 0.000645. The SMILES string of the molecule is Cc1nc(-c2cccc(C(=O)N3CCN(c4ncccn4)CC3)c2)no1. The fourth-order valence-electron chi connectivity index (χ4n) is 2.95. The second-order valence-electron chi connectivity index (χ2n) is 6.05. The van der Waals surface area contributed by atoms with Gasteiger partial charge in [0.25, 0.3) is 5.91 Å². The summed E-state index contributed by atoms with van der Waals surface area (Å²) < 4.78 is 5.02. The van der Waals surface area contributed by atoms with Gasteiger partial charge in [-0.05, 0) is 18.2 Å². The Morgan fingerprint density at radius 2 is 1.85 bits per heavy atom. The summed E-state index contributed by atoms with van der Waals surface area (Å²) in [6.07, 6.45) is 3.45. The van der Waals surface area contributed by atoms with Gasteiger partial charge >= 0.3 is 0 Å². The Balaban J connectivity index is 1.45. The number of carbonyl (C=O) groups excluding carboxylic acids is 1. The molecular formula is C18H18N6O2. The maximum Gasteiger partial charge on any atom is 0.253 e. The summed E-state index contributed by atoms with van der Waals surface area (Å²) in [5.41, 5.74) is 1.39. The molecule has 0 bridgehead atoms. The van der Waals surface area contributed by atoms with Crippen molar-refractivity contribution >= 4 is 11.9 Å². The first kappa shape index (κ1) is 16.2. The smallest absolute Gasteiger partial charge is 0.253 e. The van der Waals surface area contributed by atoms with Gasteiger partial charge in [-0.3, -0.25) is 4.79 Å². The van der Waals surface area contributed by atoms with Crippen LogP contribution in [0.15, 0.2) is 47.2 Å². The summed E-state index contributed by atoms with van der Waals surface area (Å²) in [7, 11) is 0. The van der Waals surface area contributed by atoms with Crippen LogP contribution in [0.25, 0.3) is 11.4 Å². The fourth-order valence-corrected chi connectivity index (χ4v) is 2.95. The van der Waals surface area contributed by atoms with Gasteiger partial charge in [-0.1, -0.05) is 17.3 Å². The third-order valence-corrected chi connectivity index (χ3v) is 4.30. The summed E-state index contributed by atoms with van der Waals surface area (Å²) in [5.74, 6) is 1.69. The number of aromatic nitrogens is 4. The maximum atomic E-state index is 12.8. The molecule has 0 unspecified atom stereocenters. The lowest BCUT2D eigenvalue weighted by Gasteiger charge is -2.34. The molecule has 0 spiro atoms. The molecule has 1 amide bonds. The van der Waals surface area contributed by atoms with Crippen molar-refractivity contribution in [3.05, 3.63) is 54.2 Å². The molecule has 132 valence electrons. The molecule has 3 aromatic rings. The van der Waals surface area contributed by atoms with Crippen LogP contribution < -0.4 is 4.90 Å². The minimum absolute atomic E-state index is 0.000645. The van der Waals surface area contributed by atoms with Gasteiger partial charge < -0.3 is 14.3 Å². The van der Waals surface area contributed by atoms with Crippen LogP contribution in [0, 0.1) is 6.92 Å². The van der Waals surface area contributed by atoms with Crippen LogP contribution in [-0.2, 0) is 0 Å². The second kappa shape index (κ2) is 6.91. The summed E-state index contributed by atoms with van der Waals surface area (Å²) in [5, 5.41) is 3.91. The van der Waals surface area contributed by atoms with E-state index in [9.17, 15) is 4.79 Å². The molecule has 8 nitrogen and oxygen atoms in total. The third-order valence-electron chi connectivity index (χ3n) is 4.30. The summed E-state index contributed by atoms with van der Waals surface area (Å²) >= 11 is 0. The van der Waals surface area contributed by atoms with Gasteiger partial charge in [-0.15, -0.1) is 0 Å². The zero-order valence-electron chi connectivity index (χ0n) is 14.4. The lowest BCUT2D eigenvalue weighted by molar-refractivity contribution is 0.0746. The van der Waals surface area contributed by atoms with Crippen molar-refractivity contribution in [3.63, 3.8) is 0 Å². The first-order valence-corrected chi connectivity index (χ1v) is 8.43. The van der Waals surface area contributed by atoms with Crippen LogP contribution in [0.2, 0.25) is 0 Å². The highest BCUT2D eigenvalue weighted by molar-refractivity contribution is 5.95. The molecule has 1 aromatic carbocycles. The van der Waals surface area contributed by atoms with Gasteiger partial charge in [-0.2, -0.15) is 4.98 Å². The van der Waals surface area contributed by atoms with Crippen LogP contribution in [0.4, 0.5) is 5.95 Å². The molecule has 3 heterocycles. The molecule has 0 atom stereocenters. The summed E-state index contributed by atoms with van der Waals surface area (Å²) in [6, 6.07) is 9.11.